The first kappa shape index (κ1) is 26.6. The van der Waals surface area contributed by atoms with Gasteiger partial charge in [0, 0.05) is 43.5 Å². The summed E-state index contributed by atoms with van der Waals surface area (Å²) < 4.78 is 8.19. The smallest absolute Gasteiger partial charge is 0.287 e. The largest absolute Gasteiger partial charge is 0.369 e. The monoisotopic (exact) mass is 544 g/mol. The van der Waals surface area contributed by atoms with E-state index in [1.807, 2.05) is 28.9 Å². The highest BCUT2D eigenvalue weighted by molar-refractivity contribution is 5.74. The Hall–Kier alpha value is -3.63. The van der Waals surface area contributed by atoms with Crippen LogP contribution in [0.4, 0.5) is 17.2 Å². The molecule has 0 bridgehead atoms. The van der Waals surface area contributed by atoms with Crippen LogP contribution in [0.3, 0.4) is 0 Å². The number of hydrogen-bond donors (Lipinski definition) is 3. The Labute approximate surface area is 235 Å². The van der Waals surface area contributed by atoms with E-state index in [1.54, 1.807) is 0 Å². The zero-order valence-corrected chi connectivity index (χ0v) is 24.2. The highest BCUT2D eigenvalue weighted by atomic mass is 16.5. The number of hydrogen-bond acceptors (Lipinski definition) is 8. The predicted octanol–water partition coefficient (Wildman–Crippen LogP) is 4.44. The van der Waals surface area contributed by atoms with Crippen LogP contribution >= 0.6 is 0 Å². The number of likely N-dealkylation sites (tertiary alicyclic amines) is 1. The molecule has 0 amide bonds. The summed E-state index contributed by atoms with van der Waals surface area (Å²) in [6, 6.07) is 10.0. The first-order valence-electron chi connectivity index (χ1n) is 14.3. The maximum atomic E-state index is 12.7. The molecule has 3 N–H and O–H groups in total. The van der Waals surface area contributed by atoms with Crippen molar-refractivity contribution in [1.82, 2.24) is 29.8 Å². The number of aromatic amines is 1. The summed E-state index contributed by atoms with van der Waals surface area (Å²) >= 11 is 0. The zero-order valence-electron chi connectivity index (χ0n) is 24.2. The molecule has 4 heterocycles. The molecule has 6 rings (SSSR count). The van der Waals surface area contributed by atoms with Crippen molar-refractivity contribution in [2.24, 2.45) is 0 Å². The molecule has 10 nitrogen and oxygen atoms in total. The molecule has 3 aromatic rings. The molecular weight excluding hydrogens is 504 g/mol. The summed E-state index contributed by atoms with van der Waals surface area (Å²) in [5.74, 6) is 1.88. The first-order valence-corrected chi connectivity index (χ1v) is 14.3. The number of aromatic nitrogens is 4. The molecule has 1 aliphatic carbocycles. The van der Waals surface area contributed by atoms with Gasteiger partial charge in [-0.15, -0.1) is 0 Å². The third-order valence-corrected chi connectivity index (χ3v) is 7.89. The molecule has 2 aliphatic heterocycles. The lowest BCUT2D eigenvalue weighted by molar-refractivity contribution is -0.115. The summed E-state index contributed by atoms with van der Waals surface area (Å²) in [4.78, 5) is 17.3. The summed E-state index contributed by atoms with van der Waals surface area (Å²) in [7, 11) is 2.10. The van der Waals surface area contributed by atoms with Gasteiger partial charge in [0.15, 0.2) is 5.82 Å². The van der Waals surface area contributed by atoms with Gasteiger partial charge in [-0.25, -0.2) is 5.10 Å². The van der Waals surface area contributed by atoms with Crippen molar-refractivity contribution in [2.45, 2.75) is 71.8 Å². The van der Waals surface area contributed by atoms with Crippen LogP contribution in [0, 0.1) is 6.92 Å². The fourth-order valence-electron chi connectivity index (χ4n) is 5.59. The van der Waals surface area contributed by atoms with E-state index in [-0.39, 0.29) is 17.3 Å². The standard InChI is InChI=1S/C30H40N8O2/c1-19-23(25-15-26(29(39)34-33-25)31-27-14-21-16-36(5)12-13-38(21)35-27)10-7-11-24(19)32-28(20-8-6-9-20)37-17-22(18-37)40-30(2,3)4/h7,10-11,14-15,22,32H,6,8-9,12-13,16-18H2,1-5H3,(H,34,39)(H,31,33,35). The van der Waals surface area contributed by atoms with E-state index in [9.17, 15) is 4.79 Å². The maximum absolute atomic E-state index is 12.7. The third kappa shape index (κ3) is 5.51. The number of nitrogens with one attached hydrogen (secondary N) is 3. The molecule has 10 heteroatoms. The Bertz CT molecular complexity index is 1490. The maximum Gasteiger partial charge on any atom is 0.287 e. The highest BCUT2D eigenvalue weighted by Gasteiger charge is 2.34. The second-order valence-electron chi connectivity index (χ2n) is 12.3. The Balaban J connectivity index is 1.22. The van der Waals surface area contributed by atoms with Crippen LogP contribution in [0.2, 0.25) is 0 Å². The van der Waals surface area contributed by atoms with E-state index in [4.69, 9.17) is 4.74 Å². The zero-order chi connectivity index (χ0) is 28.0. The number of nitrogens with zero attached hydrogens (tertiary/aromatic N) is 5. The topological polar surface area (TPSA) is 103 Å². The molecule has 2 fully saturated rings. The summed E-state index contributed by atoms with van der Waals surface area (Å²) in [6.45, 7) is 12.9. The van der Waals surface area contributed by atoms with Crippen LogP contribution < -0.4 is 16.2 Å². The molecule has 0 atom stereocenters. The van der Waals surface area contributed by atoms with Crippen LogP contribution in [0.15, 0.2) is 46.5 Å². The highest BCUT2D eigenvalue weighted by Crippen LogP contribution is 2.36. The van der Waals surface area contributed by atoms with E-state index in [2.05, 4.69) is 76.5 Å². The molecule has 2 aromatic heterocycles. The fraction of sp³-hybridized carbons (Fsp3) is 0.500. The normalized spacial score (nSPS) is 17.7. The molecule has 1 aromatic carbocycles. The van der Waals surface area contributed by atoms with Gasteiger partial charge in [0.1, 0.15) is 11.5 Å². The van der Waals surface area contributed by atoms with Crippen molar-refractivity contribution >= 4 is 17.2 Å². The van der Waals surface area contributed by atoms with Crippen LogP contribution in [-0.2, 0) is 17.8 Å². The van der Waals surface area contributed by atoms with Crippen molar-refractivity contribution < 1.29 is 4.74 Å². The Morgan fingerprint density at radius 1 is 1.12 bits per heavy atom. The summed E-state index contributed by atoms with van der Waals surface area (Å²) in [5, 5.41) is 18.7. The minimum Gasteiger partial charge on any atom is -0.369 e. The molecule has 1 saturated heterocycles. The molecule has 212 valence electrons. The Morgan fingerprint density at radius 3 is 2.65 bits per heavy atom. The lowest BCUT2D eigenvalue weighted by Crippen LogP contribution is -2.55. The second kappa shape index (κ2) is 10.4. The third-order valence-electron chi connectivity index (χ3n) is 7.89. The molecule has 0 spiro atoms. The molecular formula is C30H40N8O2. The number of fused-ring (bicyclic) bond motifs is 1. The Morgan fingerprint density at radius 2 is 1.93 bits per heavy atom. The van der Waals surface area contributed by atoms with Gasteiger partial charge in [0.2, 0.25) is 0 Å². The van der Waals surface area contributed by atoms with E-state index in [1.165, 1.54) is 17.8 Å². The van der Waals surface area contributed by atoms with Gasteiger partial charge < -0.3 is 20.3 Å². The van der Waals surface area contributed by atoms with Crippen molar-refractivity contribution in [3.8, 4) is 11.3 Å². The molecule has 1 saturated carbocycles. The fourth-order valence-corrected chi connectivity index (χ4v) is 5.59. The number of allylic oxidation sites excluding steroid dienone is 1. The van der Waals surface area contributed by atoms with Crippen molar-refractivity contribution in [1.29, 1.82) is 0 Å². The van der Waals surface area contributed by atoms with E-state index in [0.717, 1.165) is 68.1 Å². The van der Waals surface area contributed by atoms with Crippen molar-refractivity contribution in [3.63, 3.8) is 0 Å². The molecule has 40 heavy (non-hydrogen) atoms. The number of benzene rings is 1. The van der Waals surface area contributed by atoms with E-state index >= 15 is 0 Å². The summed E-state index contributed by atoms with van der Waals surface area (Å²) in [6.07, 6.45) is 3.75. The number of anilines is 3. The molecule has 0 radical (unpaired) electrons. The first-order chi connectivity index (χ1) is 19.1. The van der Waals surface area contributed by atoms with Gasteiger partial charge in [0.05, 0.1) is 29.6 Å². The lowest BCUT2D eigenvalue weighted by atomic mass is 9.91. The Kier molecular flexibility index (Phi) is 6.92. The summed E-state index contributed by atoms with van der Waals surface area (Å²) in [5.41, 5.74) is 6.40. The minimum absolute atomic E-state index is 0.135. The minimum atomic E-state index is -0.277. The number of H-pyrrole nitrogens is 1. The number of ether oxygens (including phenoxy) is 1. The molecule has 3 aliphatic rings. The number of rotatable bonds is 7. The SMILES string of the molecule is Cc1c(NC(=C2CCC2)N2CC(OC(C)(C)C)C2)cccc1-c1cc(Nc2cc3n(n2)CCN(C)C3)c(=O)[nH]n1. The quantitative estimate of drug-likeness (QED) is 0.401. The van der Waals surface area contributed by atoms with Gasteiger partial charge >= 0.3 is 0 Å². The van der Waals surface area contributed by atoms with Gasteiger partial charge in [-0.1, -0.05) is 12.1 Å². The van der Waals surface area contributed by atoms with Crippen LogP contribution in [0.25, 0.3) is 11.3 Å². The van der Waals surface area contributed by atoms with E-state index < -0.39 is 0 Å². The average molecular weight is 545 g/mol. The van der Waals surface area contributed by atoms with E-state index in [0.29, 0.717) is 17.2 Å². The second-order valence-corrected chi connectivity index (χ2v) is 12.3. The van der Waals surface area contributed by atoms with Gasteiger partial charge in [-0.2, -0.15) is 10.2 Å². The van der Waals surface area contributed by atoms with Crippen molar-refractivity contribution in [3.05, 3.63) is 63.3 Å². The predicted molar refractivity (Wildman–Crippen MR) is 158 cm³/mol. The molecule has 0 unspecified atom stereocenters. The van der Waals surface area contributed by atoms with Gasteiger partial charge in [-0.3, -0.25) is 14.4 Å². The average Bonchev–Trinajstić information content (AvgIpc) is 3.23. The van der Waals surface area contributed by atoms with Gasteiger partial charge in [-0.05, 0) is 77.3 Å². The van der Waals surface area contributed by atoms with Crippen molar-refractivity contribution in [2.75, 3.05) is 37.3 Å². The lowest BCUT2D eigenvalue weighted by Gasteiger charge is -2.46. The van der Waals surface area contributed by atoms with Crippen LogP contribution in [0.1, 0.15) is 51.3 Å². The van der Waals surface area contributed by atoms with Crippen LogP contribution in [0.5, 0.6) is 0 Å². The number of likely N-dealkylation sites (N-methyl/N-ethyl adjacent to an activating group) is 1. The van der Waals surface area contributed by atoms with Crippen LogP contribution in [-0.4, -0.2) is 68.2 Å². The van der Waals surface area contributed by atoms with Gasteiger partial charge in [0.25, 0.3) is 5.56 Å².